The van der Waals surface area contributed by atoms with E-state index in [4.69, 9.17) is 9.47 Å². The van der Waals surface area contributed by atoms with E-state index in [1.807, 2.05) is 30.3 Å². The van der Waals surface area contributed by atoms with Gasteiger partial charge in [0.05, 0.1) is 0 Å². The van der Waals surface area contributed by atoms with Crippen molar-refractivity contribution in [2.75, 3.05) is 13.2 Å². The highest BCUT2D eigenvalue weighted by molar-refractivity contribution is 5.86. The molecule has 0 saturated heterocycles. The number of para-hydroxylation sites is 1. The van der Waals surface area contributed by atoms with Crippen LogP contribution in [0.4, 0.5) is 0 Å². The van der Waals surface area contributed by atoms with Gasteiger partial charge in [-0.05, 0) is 19.1 Å². The molecule has 0 aromatic heterocycles. The molecule has 3 nitrogen and oxygen atoms in total. The number of rotatable bonds is 5. The molecule has 0 amide bonds. The van der Waals surface area contributed by atoms with Crippen LogP contribution in [0.2, 0.25) is 0 Å². The highest BCUT2D eigenvalue weighted by Crippen LogP contribution is 2.07. The van der Waals surface area contributed by atoms with Gasteiger partial charge in [0, 0.05) is 5.57 Å². The van der Waals surface area contributed by atoms with E-state index in [0.29, 0.717) is 12.2 Å². The molecule has 87 valence electrons. The van der Waals surface area contributed by atoms with Crippen LogP contribution < -0.4 is 4.74 Å². The van der Waals surface area contributed by atoms with Crippen LogP contribution in [-0.4, -0.2) is 19.2 Å². The van der Waals surface area contributed by atoms with Crippen LogP contribution >= 0.6 is 0 Å². The van der Waals surface area contributed by atoms with E-state index in [1.165, 1.54) is 0 Å². The Morgan fingerprint density at radius 1 is 1.25 bits per heavy atom. The van der Waals surface area contributed by atoms with Crippen LogP contribution in [0.15, 0.2) is 42.5 Å². The Morgan fingerprint density at radius 2 is 1.88 bits per heavy atom. The SMILES string of the molecule is C=C(C)C(=O)OCCOc1ccccc1.[CH3]. The van der Waals surface area contributed by atoms with Gasteiger partial charge in [-0.2, -0.15) is 0 Å². The summed E-state index contributed by atoms with van der Waals surface area (Å²) in [6.07, 6.45) is 0. The largest absolute Gasteiger partial charge is 0.490 e. The number of esters is 1. The Balaban J connectivity index is 0.00000225. The van der Waals surface area contributed by atoms with Crippen LogP contribution in [0.25, 0.3) is 0 Å². The normalized spacial score (nSPS) is 8.81. The topological polar surface area (TPSA) is 35.5 Å². The molecule has 0 aliphatic carbocycles. The van der Waals surface area contributed by atoms with Gasteiger partial charge in [-0.25, -0.2) is 4.79 Å². The van der Waals surface area contributed by atoms with Gasteiger partial charge in [-0.3, -0.25) is 0 Å². The number of benzene rings is 1. The summed E-state index contributed by atoms with van der Waals surface area (Å²) in [7, 11) is 0. The van der Waals surface area contributed by atoms with Gasteiger partial charge in [0.15, 0.2) is 0 Å². The molecule has 0 fully saturated rings. The number of carbonyl (C=O) groups is 1. The summed E-state index contributed by atoms with van der Waals surface area (Å²) < 4.78 is 10.2. The Morgan fingerprint density at radius 3 is 2.44 bits per heavy atom. The molecule has 1 rings (SSSR count). The fraction of sp³-hybridized carbons (Fsp3) is 0.231. The minimum absolute atomic E-state index is 0. The summed E-state index contributed by atoms with van der Waals surface area (Å²) in [4.78, 5) is 11.0. The van der Waals surface area contributed by atoms with E-state index in [0.717, 1.165) is 5.75 Å². The highest BCUT2D eigenvalue weighted by Gasteiger charge is 2.01. The van der Waals surface area contributed by atoms with Crippen molar-refractivity contribution < 1.29 is 14.3 Å². The van der Waals surface area contributed by atoms with Crippen molar-refractivity contribution in [3.8, 4) is 5.75 Å². The summed E-state index contributed by atoms with van der Waals surface area (Å²) in [5.41, 5.74) is 0.398. The summed E-state index contributed by atoms with van der Waals surface area (Å²) in [5, 5.41) is 0. The predicted molar refractivity (Wildman–Crippen MR) is 64.1 cm³/mol. The number of hydrogen-bond donors (Lipinski definition) is 0. The van der Waals surface area contributed by atoms with Gasteiger partial charge in [-0.1, -0.05) is 32.2 Å². The molecular formula is C13H17O3. The van der Waals surface area contributed by atoms with Gasteiger partial charge in [0.2, 0.25) is 0 Å². The quantitative estimate of drug-likeness (QED) is 0.435. The average Bonchev–Trinajstić information content (AvgIpc) is 2.25. The zero-order valence-electron chi connectivity index (χ0n) is 9.73. The van der Waals surface area contributed by atoms with E-state index in [-0.39, 0.29) is 20.0 Å². The van der Waals surface area contributed by atoms with Crippen LogP contribution in [0, 0.1) is 7.43 Å². The predicted octanol–water partition coefficient (Wildman–Crippen LogP) is 2.63. The zero-order chi connectivity index (χ0) is 11.1. The lowest BCUT2D eigenvalue weighted by Gasteiger charge is -2.06. The fourth-order valence-corrected chi connectivity index (χ4v) is 0.934. The maximum Gasteiger partial charge on any atom is 0.333 e. The van der Waals surface area contributed by atoms with Crippen molar-refractivity contribution in [2.24, 2.45) is 0 Å². The minimum atomic E-state index is -0.383. The first-order valence-electron chi connectivity index (χ1n) is 4.70. The average molecular weight is 221 g/mol. The van der Waals surface area contributed by atoms with Crippen molar-refractivity contribution in [1.82, 2.24) is 0 Å². The first-order valence-corrected chi connectivity index (χ1v) is 4.70. The Kier molecular flexibility index (Phi) is 6.68. The van der Waals surface area contributed by atoms with Gasteiger partial charge in [-0.15, -0.1) is 0 Å². The molecule has 16 heavy (non-hydrogen) atoms. The molecule has 0 heterocycles. The summed E-state index contributed by atoms with van der Waals surface area (Å²) in [6.45, 7) is 5.68. The molecule has 0 bridgehead atoms. The molecule has 0 aliphatic heterocycles. The van der Waals surface area contributed by atoms with Crippen LogP contribution in [0.5, 0.6) is 5.75 Å². The van der Waals surface area contributed by atoms with Crippen molar-refractivity contribution >= 4 is 5.97 Å². The smallest absolute Gasteiger partial charge is 0.333 e. The Labute approximate surface area is 96.7 Å². The fourth-order valence-electron chi connectivity index (χ4n) is 0.934. The molecule has 0 unspecified atom stereocenters. The number of carbonyl (C=O) groups excluding carboxylic acids is 1. The first kappa shape index (κ1) is 14.2. The first-order chi connectivity index (χ1) is 7.20. The standard InChI is InChI=1S/C12H14O3.CH3/c1-10(2)12(13)15-9-8-14-11-6-4-3-5-7-11;/h3-7H,1,8-9H2,2H3;1H3. The molecule has 1 aromatic rings. The highest BCUT2D eigenvalue weighted by atomic mass is 16.6. The van der Waals surface area contributed by atoms with Gasteiger partial charge >= 0.3 is 5.97 Å². The summed E-state index contributed by atoms with van der Waals surface area (Å²) in [5.74, 6) is 0.385. The molecular weight excluding hydrogens is 204 g/mol. The lowest BCUT2D eigenvalue weighted by Crippen LogP contribution is -2.12. The molecule has 0 aliphatic rings. The maximum atomic E-state index is 11.0. The molecule has 0 saturated carbocycles. The van der Waals surface area contributed by atoms with Gasteiger partial charge < -0.3 is 9.47 Å². The third-order valence-electron chi connectivity index (χ3n) is 1.68. The van der Waals surface area contributed by atoms with E-state index < -0.39 is 0 Å². The van der Waals surface area contributed by atoms with Gasteiger partial charge in [0.1, 0.15) is 19.0 Å². The third-order valence-corrected chi connectivity index (χ3v) is 1.68. The number of ether oxygens (including phenoxy) is 2. The summed E-state index contributed by atoms with van der Waals surface area (Å²) in [6, 6.07) is 9.37. The van der Waals surface area contributed by atoms with E-state index in [9.17, 15) is 4.79 Å². The minimum Gasteiger partial charge on any atom is -0.490 e. The zero-order valence-corrected chi connectivity index (χ0v) is 9.73. The van der Waals surface area contributed by atoms with Gasteiger partial charge in [0.25, 0.3) is 0 Å². The number of hydrogen-bond acceptors (Lipinski definition) is 3. The monoisotopic (exact) mass is 221 g/mol. The summed E-state index contributed by atoms with van der Waals surface area (Å²) >= 11 is 0. The molecule has 0 atom stereocenters. The van der Waals surface area contributed by atoms with Crippen LogP contribution in [0.1, 0.15) is 6.92 Å². The second kappa shape index (κ2) is 7.51. The molecule has 1 radical (unpaired) electrons. The maximum absolute atomic E-state index is 11.0. The van der Waals surface area contributed by atoms with E-state index in [2.05, 4.69) is 6.58 Å². The lowest BCUT2D eigenvalue weighted by atomic mass is 10.3. The second-order valence-corrected chi connectivity index (χ2v) is 3.08. The van der Waals surface area contributed by atoms with Crippen LogP contribution in [-0.2, 0) is 9.53 Å². The third kappa shape index (κ3) is 5.20. The van der Waals surface area contributed by atoms with Crippen molar-refractivity contribution in [1.29, 1.82) is 0 Å². The molecule has 0 spiro atoms. The Hall–Kier alpha value is -1.77. The van der Waals surface area contributed by atoms with Crippen molar-refractivity contribution in [3.05, 3.63) is 49.9 Å². The van der Waals surface area contributed by atoms with Crippen molar-refractivity contribution in [2.45, 2.75) is 6.92 Å². The van der Waals surface area contributed by atoms with Crippen molar-refractivity contribution in [3.63, 3.8) is 0 Å². The van der Waals surface area contributed by atoms with E-state index >= 15 is 0 Å². The molecule has 1 aromatic carbocycles. The second-order valence-electron chi connectivity index (χ2n) is 3.08. The Bertz CT molecular complexity index is 330. The lowest BCUT2D eigenvalue weighted by molar-refractivity contribution is -0.139. The molecule has 3 heteroatoms. The van der Waals surface area contributed by atoms with Crippen LogP contribution in [0.3, 0.4) is 0 Å². The van der Waals surface area contributed by atoms with E-state index in [1.54, 1.807) is 6.92 Å². The molecule has 0 N–H and O–H groups in total.